The van der Waals surface area contributed by atoms with Gasteiger partial charge in [-0.2, -0.15) is 5.26 Å². The Hall–Kier alpha value is -0.560. The van der Waals surface area contributed by atoms with E-state index in [-0.39, 0.29) is 5.41 Å². The van der Waals surface area contributed by atoms with Crippen molar-refractivity contribution >= 4 is 22.9 Å². The SMILES string of the molecule is CC1(C#N)CCCN(Cc2ccc(Cl)s2)C1. The molecule has 2 nitrogen and oxygen atoms in total. The van der Waals surface area contributed by atoms with Gasteiger partial charge in [0.2, 0.25) is 0 Å². The Bertz CT molecular complexity index is 409. The topological polar surface area (TPSA) is 27.0 Å². The van der Waals surface area contributed by atoms with Crippen molar-refractivity contribution in [2.24, 2.45) is 5.41 Å². The summed E-state index contributed by atoms with van der Waals surface area (Å²) in [6, 6.07) is 6.45. The molecule has 86 valence electrons. The molecule has 0 radical (unpaired) electrons. The predicted molar refractivity (Wildman–Crippen MR) is 67.6 cm³/mol. The van der Waals surface area contributed by atoms with Crippen LogP contribution in [0.3, 0.4) is 0 Å². The van der Waals surface area contributed by atoms with Crippen molar-refractivity contribution < 1.29 is 0 Å². The molecule has 0 bridgehead atoms. The van der Waals surface area contributed by atoms with Crippen molar-refractivity contribution in [3.05, 3.63) is 21.3 Å². The molecule has 1 atom stereocenters. The minimum absolute atomic E-state index is 0.167. The zero-order valence-electron chi connectivity index (χ0n) is 9.37. The number of likely N-dealkylation sites (tertiary alicyclic amines) is 1. The van der Waals surface area contributed by atoms with E-state index >= 15 is 0 Å². The summed E-state index contributed by atoms with van der Waals surface area (Å²) < 4.78 is 0.843. The number of halogens is 1. The van der Waals surface area contributed by atoms with E-state index in [1.165, 1.54) is 4.88 Å². The molecule has 16 heavy (non-hydrogen) atoms. The van der Waals surface area contributed by atoms with Gasteiger partial charge in [-0.1, -0.05) is 11.6 Å². The van der Waals surface area contributed by atoms with E-state index < -0.39 is 0 Å². The largest absolute Gasteiger partial charge is 0.297 e. The maximum atomic E-state index is 9.14. The summed E-state index contributed by atoms with van der Waals surface area (Å²) in [7, 11) is 0. The molecule has 1 saturated heterocycles. The van der Waals surface area contributed by atoms with Crippen LogP contribution in [0.15, 0.2) is 12.1 Å². The number of hydrogen-bond acceptors (Lipinski definition) is 3. The van der Waals surface area contributed by atoms with Crippen LogP contribution in [0.25, 0.3) is 0 Å². The van der Waals surface area contributed by atoms with Gasteiger partial charge in [-0.05, 0) is 38.4 Å². The minimum atomic E-state index is -0.167. The zero-order chi connectivity index (χ0) is 11.6. The molecule has 0 saturated carbocycles. The van der Waals surface area contributed by atoms with Crippen molar-refractivity contribution in [3.8, 4) is 6.07 Å². The minimum Gasteiger partial charge on any atom is -0.297 e. The summed E-state index contributed by atoms with van der Waals surface area (Å²) in [4.78, 5) is 3.64. The molecule has 0 aromatic carbocycles. The van der Waals surface area contributed by atoms with Crippen LogP contribution >= 0.6 is 22.9 Å². The Balaban J connectivity index is 1.98. The van der Waals surface area contributed by atoms with Crippen molar-refractivity contribution in [2.45, 2.75) is 26.3 Å². The van der Waals surface area contributed by atoms with Crippen LogP contribution in [-0.4, -0.2) is 18.0 Å². The van der Waals surface area contributed by atoms with Crippen LogP contribution in [0.1, 0.15) is 24.6 Å². The van der Waals surface area contributed by atoms with Gasteiger partial charge in [0.1, 0.15) is 0 Å². The number of thiophene rings is 1. The molecule has 2 rings (SSSR count). The van der Waals surface area contributed by atoms with E-state index in [0.29, 0.717) is 0 Å². The van der Waals surface area contributed by atoms with E-state index in [9.17, 15) is 0 Å². The second kappa shape index (κ2) is 4.75. The van der Waals surface area contributed by atoms with E-state index in [4.69, 9.17) is 16.9 Å². The number of rotatable bonds is 2. The Labute approximate surface area is 105 Å². The summed E-state index contributed by atoms with van der Waals surface area (Å²) in [6.07, 6.45) is 2.13. The molecule has 1 fully saturated rings. The van der Waals surface area contributed by atoms with Crippen molar-refractivity contribution in [3.63, 3.8) is 0 Å². The monoisotopic (exact) mass is 254 g/mol. The molecular weight excluding hydrogens is 240 g/mol. The number of nitriles is 1. The second-order valence-corrected chi connectivity index (χ2v) is 6.49. The van der Waals surface area contributed by atoms with Crippen LogP contribution in [0.2, 0.25) is 4.34 Å². The summed E-state index contributed by atoms with van der Waals surface area (Å²) >= 11 is 7.54. The molecule has 0 aliphatic carbocycles. The molecule has 1 unspecified atom stereocenters. The Morgan fingerprint density at radius 1 is 1.62 bits per heavy atom. The average Bonchev–Trinajstić information content (AvgIpc) is 2.64. The molecule has 4 heteroatoms. The van der Waals surface area contributed by atoms with Crippen molar-refractivity contribution in [1.82, 2.24) is 4.90 Å². The fraction of sp³-hybridized carbons (Fsp3) is 0.583. The first-order valence-corrected chi connectivity index (χ1v) is 6.69. The van der Waals surface area contributed by atoms with Crippen LogP contribution in [0.5, 0.6) is 0 Å². The van der Waals surface area contributed by atoms with E-state index in [1.54, 1.807) is 11.3 Å². The van der Waals surface area contributed by atoms with Gasteiger partial charge in [-0.15, -0.1) is 11.3 Å². The second-order valence-electron chi connectivity index (χ2n) is 4.69. The van der Waals surface area contributed by atoms with Gasteiger partial charge >= 0.3 is 0 Å². The lowest BCUT2D eigenvalue weighted by Gasteiger charge is -2.35. The van der Waals surface area contributed by atoms with Crippen LogP contribution in [-0.2, 0) is 6.54 Å². The van der Waals surface area contributed by atoms with Gasteiger partial charge in [0.05, 0.1) is 15.8 Å². The highest BCUT2D eigenvalue weighted by atomic mass is 35.5. The lowest BCUT2D eigenvalue weighted by Crippen LogP contribution is -2.40. The van der Waals surface area contributed by atoms with Gasteiger partial charge in [-0.25, -0.2) is 0 Å². The van der Waals surface area contributed by atoms with Crippen LogP contribution in [0.4, 0.5) is 0 Å². The highest BCUT2D eigenvalue weighted by molar-refractivity contribution is 7.16. The average molecular weight is 255 g/mol. The summed E-state index contributed by atoms with van der Waals surface area (Å²) in [5.74, 6) is 0. The van der Waals surface area contributed by atoms with Gasteiger partial charge in [0, 0.05) is 18.0 Å². The third-order valence-corrected chi connectivity index (χ3v) is 4.27. The first-order chi connectivity index (χ1) is 7.61. The molecule has 2 heterocycles. The molecule has 0 spiro atoms. The molecule has 0 N–H and O–H groups in total. The normalized spacial score (nSPS) is 26.6. The number of hydrogen-bond donors (Lipinski definition) is 0. The van der Waals surface area contributed by atoms with Crippen LogP contribution < -0.4 is 0 Å². The Morgan fingerprint density at radius 3 is 3.06 bits per heavy atom. The van der Waals surface area contributed by atoms with Gasteiger partial charge in [0.25, 0.3) is 0 Å². The van der Waals surface area contributed by atoms with E-state index in [0.717, 1.165) is 36.8 Å². The third-order valence-electron chi connectivity index (χ3n) is 3.05. The highest BCUT2D eigenvalue weighted by Crippen LogP contribution is 2.30. The quantitative estimate of drug-likeness (QED) is 0.807. The number of piperidine rings is 1. The maximum absolute atomic E-state index is 9.14. The molecule has 1 aliphatic rings. The first-order valence-electron chi connectivity index (χ1n) is 5.49. The fourth-order valence-electron chi connectivity index (χ4n) is 2.23. The van der Waals surface area contributed by atoms with Gasteiger partial charge in [0.15, 0.2) is 0 Å². The maximum Gasteiger partial charge on any atom is 0.0931 e. The lowest BCUT2D eigenvalue weighted by atomic mass is 9.83. The summed E-state index contributed by atoms with van der Waals surface area (Å²) in [6.45, 7) is 4.95. The zero-order valence-corrected chi connectivity index (χ0v) is 10.9. The molecule has 1 aliphatic heterocycles. The van der Waals surface area contributed by atoms with E-state index in [1.807, 2.05) is 6.07 Å². The smallest absolute Gasteiger partial charge is 0.0931 e. The van der Waals surface area contributed by atoms with Crippen molar-refractivity contribution in [1.29, 1.82) is 5.26 Å². The van der Waals surface area contributed by atoms with Gasteiger partial charge < -0.3 is 0 Å². The highest BCUT2D eigenvalue weighted by Gasteiger charge is 2.30. The summed E-state index contributed by atoms with van der Waals surface area (Å²) in [5.41, 5.74) is -0.167. The molecular formula is C12H15ClN2S. The number of nitrogens with zero attached hydrogens (tertiary/aromatic N) is 2. The van der Waals surface area contributed by atoms with Crippen molar-refractivity contribution in [2.75, 3.05) is 13.1 Å². The third kappa shape index (κ3) is 2.76. The van der Waals surface area contributed by atoms with E-state index in [2.05, 4.69) is 24.0 Å². The van der Waals surface area contributed by atoms with Crippen LogP contribution in [0, 0.1) is 16.7 Å². The Kier molecular flexibility index (Phi) is 3.53. The first kappa shape index (κ1) is 11.9. The molecule has 1 aromatic heterocycles. The predicted octanol–water partition coefficient (Wildman–Crippen LogP) is 3.53. The Morgan fingerprint density at radius 2 is 2.44 bits per heavy atom. The molecule has 0 amide bonds. The fourth-order valence-corrected chi connectivity index (χ4v) is 3.36. The standard InChI is InChI=1S/C12H15ClN2S/c1-12(8-14)5-2-6-15(9-12)7-10-3-4-11(13)16-10/h3-4H,2,5-7,9H2,1H3. The summed E-state index contributed by atoms with van der Waals surface area (Å²) in [5, 5.41) is 9.14. The van der Waals surface area contributed by atoms with Gasteiger partial charge in [-0.3, -0.25) is 4.90 Å². The lowest BCUT2D eigenvalue weighted by molar-refractivity contribution is 0.138. The molecule has 1 aromatic rings.